The van der Waals surface area contributed by atoms with Crippen LogP contribution in [0.2, 0.25) is 0 Å². The zero-order valence-corrected chi connectivity index (χ0v) is 8.97. The number of oxazole rings is 1. The molecule has 0 saturated carbocycles. The largest absolute Gasteiger partial charge is 0.444 e. The lowest BCUT2D eigenvalue weighted by Gasteiger charge is -2.02. The Bertz CT molecular complexity index is 468. The van der Waals surface area contributed by atoms with Crippen molar-refractivity contribution in [1.29, 1.82) is 0 Å². The molecule has 0 unspecified atom stereocenters. The minimum Gasteiger partial charge on any atom is -0.444 e. The lowest BCUT2D eigenvalue weighted by atomic mass is 10.4. The van der Waals surface area contributed by atoms with Crippen LogP contribution in [0.5, 0.6) is 0 Å². The van der Waals surface area contributed by atoms with E-state index in [-0.39, 0.29) is 0 Å². The van der Waals surface area contributed by atoms with Gasteiger partial charge in [-0.2, -0.15) is 0 Å². The van der Waals surface area contributed by atoms with Crippen molar-refractivity contribution in [2.75, 3.05) is 11.1 Å². The lowest BCUT2D eigenvalue weighted by molar-refractivity contribution is 0.465. The van der Waals surface area contributed by atoms with Crippen molar-refractivity contribution in [2.45, 2.75) is 19.9 Å². The van der Waals surface area contributed by atoms with Gasteiger partial charge in [-0.1, -0.05) is 6.92 Å². The second kappa shape index (κ2) is 4.61. The highest BCUT2D eigenvalue weighted by atomic mass is 16.4. The fourth-order valence-corrected chi connectivity index (χ4v) is 1.23. The summed E-state index contributed by atoms with van der Waals surface area (Å²) in [5.41, 5.74) is 5.50. The Labute approximate surface area is 92.9 Å². The highest BCUT2D eigenvalue weighted by Crippen LogP contribution is 2.08. The van der Waals surface area contributed by atoms with E-state index >= 15 is 0 Å². The molecule has 0 aromatic carbocycles. The normalized spacial score (nSPS) is 10.3. The van der Waals surface area contributed by atoms with Crippen molar-refractivity contribution in [3.8, 4) is 0 Å². The van der Waals surface area contributed by atoms with Gasteiger partial charge in [-0.15, -0.1) is 0 Å². The van der Waals surface area contributed by atoms with Crippen molar-refractivity contribution >= 4 is 11.6 Å². The summed E-state index contributed by atoms with van der Waals surface area (Å²) in [5, 5.41) is 3.03. The zero-order valence-electron chi connectivity index (χ0n) is 8.97. The predicted octanol–water partition coefficient (Wildman–Crippen LogP) is 1.22. The van der Waals surface area contributed by atoms with Crippen LogP contribution < -0.4 is 11.1 Å². The molecule has 0 saturated heterocycles. The number of nitrogens with zero attached hydrogens (tertiary/aromatic N) is 3. The third kappa shape index (κ3) is 2.47. The smallest absolute Gasteiger partial charge is 0.213 e. The molecule has 2 rings (SSSR count). The average molecular weight is 219 g/mol. The Hall–Kier alpha value is -2.11. The summed E-state index contributed by atoms with van der Waals surface area (Å²) in [4.78, 5) is 12.1. The molecular formula is C10H13N5O. The number of aromatic nitrogens is 3. The lowest BCUT2D eigenvalue weighted by Crippen LogP contribution is -2.03. The predicted molar refractivity (Wildman–Crippen MR) is 59.7 cm³/mol. The van der Waals surface area contributed by atoms with Crippen LogP contribution in [0, 0.1) is 0 Å². The molecule has 0 aliphatic rings. The molecule has 0 fully saturated rings. The van der Waals surface area contributed by atoms with Crippen molar-refractivity contribution in [1.82, 2.24) is 15.0 Å². The van der Waals surface area contributed by atoms with E-state index in [2.05, 4.69) is 20.3 Å². The summed E-state index contributed by atoms with van der Waals surface area (Å²) < 4.78 is 5.43. The van der Waals surface area contributed by atoms with Gasteiger partial charge in [0.25, 0.3) is 0 Å². The van der Waals surface area contributed by atoms with E-state index in [1.807, 2.05) is 6.92 Å². The number of nitrogen functional groups attached to an aromatic ring is 1. The Balaban J connectivity index is 1.96. The number of hydrogen-bond acceptors (Lipinski definition) is 6. The van der Waals surface area contributed by atoms with E-state index < -0.39 is 0 Å². The second-order valence-corrected chi connectivity index (χ2v) is 3.26. The zero-order chi connectivity index (χ0) is 11.4. The number of hydrogen-bond donors (Lipinski definition) is 2. The Morgan fingerprint density at radius 2 is 2.25 bits per heavy atom. The molecule has 0 atom stereocenters. The fraction of sp³-hybridized carbons (Fsp3) is 0.300. The molecule has 0 aliphatic carbocycles. The molecule has 2 heterocycles. The van der Waals surface area contributed by atoms with E-state index in [1.54, 1.807) is 12.4 Å². The van der Waals surface area contributed by atoms with Gasteiger partial charge in [-0.05, 0) is 0 Å². The number of nitrogens with two attached hydrogens (primary N) is 1. The summed E-state index contributed by atoms with van der Waals surface area (Å²) in [5.74, 6) is 2.49. The van der Waals surface area contributed by atoms with Crippen LogP contribution in [0.25, 0.3) is 0 Å². The average Bonchev–Trinajstić information content (AvgIpc) is 2.74. The minimum absolute atomic E-state index is 0.381. The number of aryl methyl sites for hydroxylation is 1. The Kier molecular flexibility index (Phi) is 3.00. The highest BCUT2D eigenvalue weighted by molar-refractivity contribution is 5.38. The van der Waals surface area contributed by atoms with Gasteiger partial charge in [0, 0.05) is 6.42 Å². The topological polar surface area (TPSA) is 89.9 Å². The maximum atomic E-state index is 5.50. The summed E-state index contributed by atoms with van der Waals surface area (Å²) in [6.45, 7) is 2.49. The molecule has 2 aromatic heterocycles. The first-order valence-electron chi connectivity index (χ1n) is 5.03. The summed E-state index contributed by atoms with van der Waals surface area (Å²) in [7, 11) is 0. The molecule has 0 amide bonds. The maximum absolute atomic E-state index is 5.50. The van der Waals surface area contributed by atoms with Gasteiger partial charge in [0.2, 0.25) is 5.89 Å². The van der Waals surface area contributed by atoms with Crippen molar-refractivity contribution < 1.29 is 4.42 Å². The van der Waals surface area contributed by atoms with Gasteiger partial charge in [-0.3, -0.25) is 4.98 Å². The minimum atomic E-state index is 0.381. The summed E-state index contributed by atoms with van der Waals surface area (Å²) in [6.07, 6.45) is 5.65. The molecule has 0 aliphatic heterocycles. The van der Waals surface area contributed by atoms with Gasteiger partial charge in [0.05, 0.1) is 25.1 Å². The maximum Gasteiger partial charge on any atom is 0.213 e. The second-order valence-electron chi connectivity index (χ2n) is 3.26. The van der Waals surface area contributed by atoms with E-state index in [9.17, 15) is 0 Å². The Morgan fingerprint density at radius 1 is 1.38 bits per heavy atom. The van der Waals surface area contributed by atoms with Gasteiger partial charge in [0.15, 0.2) is 0 Å². The third-order valence-corrected chi connectivity index (χ3v) is 2.02. The van der Waals surface area contributed by atoms with E-state index in [0.29, 0.717) is 24.1 Å². The standard InChI is InChI=1S/C10H13N5O/c1-2-7-3-14-10(16-7)6-13-9-5-12-4-8(11)15-9/h3-5H,2,6H2,1H3,(H3,11,13,15). The van der Waals surface area contributed by atoms with Crippen molar-refractivity contribution in [3.05, 3.63) is 30.2 Å². The molecule has 16 heavy (non-hydrogen) atoms. The first-order valence-corrected chi connectivity index (χ1v) is 5.03. The Morgan fingerprint density at radius 3 is 2.94 bits per heavy atom. The fourth-order valence-electron chi connectivity index (χ4n) is 1.23. The van der Waals surface area contributed by atoms with Crippen LogP contribution in [0.3, 0.4) is 0 Å². The van der Waals surface area contributed by atoms with Crippen LogP contribution in [0.4, 0.5) is 11.6 Å². The van der Waals surface area contributed by atoms with Crippen LogP contribution in [-0.4, -0.2) is 15.0 Å². The molecule has 6 nitrogen and oxygen atoms in total. The van der Waals surface area contributed by atoms with Gasteiger partial charge in [0.1, 0.15) is 17.4 Å². The van der Waals surface area contributed by atoms with Crippen LogP contribution in [-0.2, 0) is 13.0 Å². The molecule has 3 N–H and O–H groups in total. The van der Waals surface area contributed by atoms with Gasteiger partial charge < -0.3 is 15.5 Å². The van der Waals surface area contributed by atoms with Gasteiger partial charge >= 0.3 is 0 Å². The number of anilines is 2. The molecule has 0 spiro atoms. The molecule has 2 aromatic rings. The summed E-state index contributed by atoms with van der Waals surface area (Å²) in [6, 6.07) is 0. The van der Waals surface area contributed by atoms with Crippen LogP contribution >= 0.6 is 0 Å². The third-order valence-electron chi connectivity index (χ3n) is 2.02. The van der Waals surface area contributed by atoms with Gasteiger partial charge in [-0.25, -0.2) is 9.97 Å². The molecule has 6 heteroatoms. The monoisotopic (exact) mass is 219 g/mol. The molecular weight excluding hydrogens is 206 g/mol. The molecule has 0 bridgehead atoms. The first kappa shape index (κ1) is 10.4. The van der Waals surface area contributed by atoms with E-state index in [0.717, 1.165) is 12.2 Å². The van der Waals surface area contributed by atoms with E-state index in [4.69, 9.17) is 10.2 Å². The van der Waals surface area contributed by atoms with E-state index in [1.165, 1.54) is 6.20 Å². The van der Waals surface area contributed by atoms with Crippen molar-refractivity contribution in [2.24, 2.45) is 0 Å². The first-order chi connectivity index (χ1) is 7.78. The van der Waals surface area contributed by atoms with Crippen LogP contribution in [0.15, 0.2) is 23.0 Å². The summed E-state index contributed by atoms with van der Waals surface area (Å²) >= 11 is 0. The SMILES string of the molecule is CCc1cnc(CNc2cncc(N)n2)o1. The molecule has 84 valence electrons. The number of nitrogens with one attached hydrogen (secondary N) is 1. The number of rotatable bonds is 4. The highest BCUT2D eigenvalue weighted by Gasteiger charge is 2.02. The quantitative estimate of drug-likeness (QED) is 0.803. The van der Waals surface area contributed by atoms with Crippen molar-refractivity contribution in [3.63, 3.8) is 0 Å². The van der Waals surface area contributed by atoms with Crippen LogP contribution in [0.1, 0.15) is 18.6 Å². The molecule has 0 radical (unpaired) electrons.